The third kappa shape index (κ3) is 2.33. The van der Waals surface area contributed by atoms with Crippen molar-refractivity contribution in [2.45, 2.75) is 31.9 Å². The highest BCUT2D eigenvalue weighted by Crippen LogP contribution is 2.24. The molecular formula is C13H17FN2O. The van der Waals surface area contributed by atoms with Crippen molar-refractivity contribution >= 4 is 10.9 Å². The van der Waals surface area contributed by atoms with Crippen LogP contribution in [0, 0.1) is 5.82 Å². The van der Waals surface area contributed by atoms with Crippen molar-refractivity contribution in [2.24, 2.45) is 5.73 Å². The summed E-state index contributed by atoms with van der Waals surface area (Å²) in [6.07, 6.45) is 0.869. The highest BCUT2D eigenvalue weighted by atomic mass is 19.1. The van der Waals surface area contributed by atoms with Crippen LogP contribution < -0.4 is 5.73 Å². The van der Waals surface area contributed by atoms with E-state index in [9.17, 15) is 9.50 Å². The molecule has 1 aromatic heterocycles. The van der Waals surface area contributed by atoms with Crippen molar-refractivity contribution in [3.63, 3.8) is 0 Å². The molecule has 4 N–H and O–H groups in total. The zero-order valence-electron chi connectivity index (χ0n) is 9.78. The number of fused-ring (bicyclic) bond motifs is 1. The molecule has 0 spiro atoms. The number of nitrogens with two attached hydrogens (primary N) is 1. The van der Waals surface area contributed by atoms with Crippen LogP contribution in [0.15, 0.2) is 24.3 Å². The molecule has 0 amide bonds. The number of hydrogen-bond donors (Lipinski definition) is 3. The van der Waals surface area contributed by atoms with Gasteiger partial charge in [-0.1, -0.05) is 19.4 Å². The van der Waals surface area contributed by atoms with Crippen LogP contribution in [0.4, 0.5) is 4.39 Å². The molecule has 0 saturated carbocycles. The van der Waals surface area contributed by atoms with Gasteiger partial charge in [0.15, 0.2) is 0 Å². The number of aliphatic hydroxyl groups excluding tert-OH is 1. The lowest BCUT2D eigenvalue weighted by Crippen LogP contribution is -2.28. The lowest BCUT2D eigenvalue weighted by Gasteiger charge is -2.16. The number of aromatic amines is 1. The fourth-order valence-electron chi connectivity index (χ4n) is 2.02. The van der Waals surface area contributed by atoms with Gasteiger partial charge < -0.3 is 15.8 Å². The molecule has 0 aliphatic carbocycles. The number of hydrogen-bond acceptors (Lipinski definition) is 2. The number of halogens is 1. The summed E-state index contributed by atoms with van der Waals surface area (Å²) in [5.74, 6) is -0.290. The van der Waals surface area contributed by atoms with Gasteiger partial charge in [0.05, 0.1) is 0 Å². The molecule has 92 valence electrons. The fraction of sp³-hybridized carbons (Fsp3) is 0.385. The summed E-state index contributed by atoms with van der Waals surface area (Å²) in [7, 11) is 0. The highest BCUT2D eigenvalue weighted by Gasteiger charge is 2.18. The zero-order chi connectivity index (χ0) is 12.4. The first-order valence-electron chi connectivity index (χ1n) is 5.84. The molecule has 0 aliphatic rings. The van der Waals surface area contributed by atoms with E-state index in [0.29, 0.717) is 16.6 Å². The molecule has 0 bridgehead atoms. The number of aromatic nitrogens is 1. The van der Waals surface area contributed by atoms with E-state index in [4.69, 9.17) is 5.73 Å². The lowest BCUT2D eigenvalue weighted by molar-refractivity contribution is 0.138. The first-order chi connectivity index (χ1) is 8.13. The maximum Gasteiger partial charge on any atom is 0.132 e. The predicted octanol–water partition coefficient (Wildman–Crippen LogP) is 2.47. The van der Waals surface area contributed by atoms with Gasteiger partial charge in [-0.15, -0.1) is 0 Å². The number of H-pyrrole nitrogens is 1. The van der Waals surface area contributed by atoms with E-state index < -0.39 is 6.10 Å². The van der Waals surface area contributed by atoms with E-state index in [1.54, 1.807) is 18.2 Å². The summed E-state index contributed by atoms with van der Waals surface area (Å²) in [5.41, 5.74) is 7.11. The van der Waals surface area contributed by atoms with Gasteiger partial charge in [-0.05, 0) is 24.6 Å². The number of aliphatic hydroxyl groups is 1. The molecule has 1 aromatic carbocycles. The average molecular weight is 236 g/mol. The summed E-state index contributed by atoms with van der Waals surface area (Å²) in [5, 5.41) is 10.5. The van der Waals surface area contributed by atoms with Gasteiger partial charge in [0.25, 0.3) is 0 Å². The van der Waals surface area contributed by atoms with Crippen molar-refractivity contribution in [2.75, 3.05) is 0 Å². The standard InChI is InChI=1S/C13H17FN2O/c1-2-4-10(15)13(17)12-7-8-9(14)5-3-6-11(8)16-12/h3,5-7,10,13,16-17H,2,4,15H2,1H3. The molecule has 2 atom stereocenters. The molecule has 2 unspecified atom stereocenters. The Bertz CT molecular complexity index is 509. The molecule has 0 radical (unpaired) electrons. The van der Waals surface area contributed by atoms with Crippen molar-refractivity contribution in [3.8, 4) is 0 Å². The monoisotopic (exact) mass is 236 g/mol. The quantitative estimate of drug-likeness (QED) is 0.763. The predicted molar refractivity (Wildman–Crippen MR) is 66.1 cm³/mol. The van der Waals surface area contributed by atoms with Crippen LogP contribution in [0.2, 0.25) is 0 Å². The van der Waals surface area contributed by atoms with Crippen molar-refractivity contribution in [1.82, 2.24) is 4.98 Å². The average Bonchev–Trinajstić information content (AvgIpc) is 2.73. The Hall–Kier alpha value is -1.39. The van der Waals surface area contributed by atoms with E-state index in [0.717, 1.165) is 12.8 Å². The van der Waals surface area contributed by atoms with Crippen LogP contribution >= 0.6 is 0 Å². The van der Waals surface area contributed by atoms with Crippen LogP contribution in [0.25, 0.3) is 10.9 Å². The second-order valence-corrected chi connectivity index (χ2v) is 4.32. The summed E-state index contributed by atoms with van der Waals surface area (Å²) in [4.78, 5) is 3.01. The van der Waals surface area contributed by atoms with Gasteiger partial charge in [0, 0.05) is 22.6 Å². The normalized spacial score (nSPS) is 15.1. The summed E-state index contributed by atoms with van der Waals surface area (Å²) >= 11 is 0. The molecule has 0 aliphatic heterocycles. The van der Waals surface area contributed by atoms with Gasteiger partial charge >= 0.3 is 0 Å². The SMILES string of the molecule is CCCC(N)C(O)c1cc2c(F)cccc2[nH]1. The largest absolute Gasteiger partial charge is 0.385 e. The minimum atomic E-state index is -0.776. The van der Waals surface area contributed by atoms with E-state index in [-0.39, 0.29) is 11.9 Å². The number of rotatable bonds is 4. The molecule has 3 nitrogen and oxygen atoms in total. The van der Waals surface area contributed by atoms with Gasteiger partial charge in [0.2, 0.25) is 0 Å². The smallest absolute Gasteiger partial charge is 0.132 e. The van der Waals surface area contributed by atoms with Gasteiger partial charge in [-0.25, -0.2) is 4.39 Å². The molecule has 2 rings (SSSR count). The minimum Gasteiger partial charge on any atom is -0.385 e. The Morgan fingerprint density at radius 1 is 1.47 bits per heavy atom. The highest BCUT2D eigenvalue weighted by molar-refractivity contribution is 5.81. The lowest BCUT2D eigenvalue weighted by atomic mass is 10.0. The first-order valence-corrected chi connectivity index (χ1v) is 5.84. The summed E-state index contributed by atoms with van der Waals surface area (Å²) in [6.45, 7) is 2.01. The van der Waals surface area contributed by atoms with E-state index in [1.807, 2.05) is 6.92 Å². The summed E-state index contributed by atoms with van der Waals surface area (Å²) in [6, 6.07) is 6.12. The van der Waals surface area contributed by atoms with E-state index >= 15 is 0 Å². The maximum atomic E-state index is 13.5. The van der Waals surface area contributed by atoms with Crippen LogP contribution in [0.5, 0.6) is 0 Å². The first kappa shape index (κ1) is 12.1. The van der Waals surface area contributed by atoms with Gasteiger partial charge in [-0.3, -0.25) is 0 Å². The fourth-order valence-corrected chi connectivity index (χ4v) is 2.02. The Balaban J connectivity index is 2.33. The number of benzene rings is 1. The van der Waals surface area contributed by atoms with Gasteiger partial charge in [-0.2, -0.15) is 0 Å². The Morgan fingerprint density at radius 3 is 2.88 bits per heavy atom. The van der Waals surface area contributed by atoms with E-state index in [2.05, 4.69) is 4.98 Å². The molecular weight excluding hydrogens is 219 g/mol. The van der Waals surface area contributed by atoms with E-state index in [1.165, 1.54) is 6.07 Å². The van der Waals surface area contributed by atoms with Crippen LogP contribution in [-0.2, 0) is 0 Å². The van der Waals surface area contributed by atoms with Crippen molar-refractivity contribution in [1.29, 1.82) is 0 Å². The third-order valence-electron chi connectivity index (χ3n) is 2.98. The molecule has 0 fully saturated rings. The molecule has 1 heterocycles. The molecule has 2 aromatic rings. The van der Waals surface area contributed by atoms with Gasteiger partial charge in [0.1, 0.15) is 11.9 Å². The Kier molecular flexibility index (Phi) is 3.45. The summed E-state index contributed by atoms with van der Waals surface area (Å²) < 4.78 is 13.5. The van der Waals surface area contributed by atoms with Crippen molar-refractivity contribution < 1.29 is 9.50 Å². The Labute approximate surface area is 99.4 Å². The number of nitrogens with one attached hydrogen (secondary N) is 1. The Morgan fingerprint density at radius 2 is 2.24 bits per heavy atom. The van der Waals surface area contributed by atoms with Crippen LogP contribution in [0.3, 0.4) is 0 Å². The minimum absolute atomic E-state index is 0.290. The molecule has 4 heteroatoms. The second kappa shape index (κ2) is 4.85. The van der Waals surface area contributed by atoms with Crippen molar-refractivity contribution in [3.05, 3.63) is 35.8 Å². The third-order valence-corrected chi connectivity index (χ3v) is 2.98. The second-order valence-electron chi connectivity index (χ2n) is 4.32. The molecule has 17 heavy (non-hydrogen) atoms. The molecule has 0 saturated heterocycles. The maximum absolute atomic E-state index is 13.5. The van der Waals surface area contributed by atoms with Crippen LogP contribution in [0.1, 0.15) is 31.6 Å². The topological polar surface area (TPSA) is 62.0 Å². The van der Waals surface area contributed by atoms with Crippen LogP contribution in [-0.4, -0.2) is 16.1 Å². The zero-order valence-corrected chi connectivity index (χ0v) is 9.78.